The molecule has 1 heterocycles. The van der Waals surface area contributed by atoms with Crippen molar-refractivity contribution in [3.05, 3.63) is 65.7 Å². The topological polar surface area (TPSA) is 35.9 Å². The first-order valence-electron chi connectivity index (χ1n) is 8.64. The predicted molar refractivity (Wildman–Crippen MR) is 97.1 cm³/mol. The van der Waals surface area contributed by atoms with Gasteiger partial charge < -0.3 is 14.7 Å². The van der Waals surface area contributed by atoms with Gasteiger partial charge in [-0.3, -0.25) is 4.90 Å². The van der Waals surface area contributed by atoms with E-state index >= 15 is 0 Å². The van der Waals surface area contributed by atoms with Crippen molar-refractivity contribution in [3.63, 3.8) is 0 Å². The van der Waals surface area contributed by atoms with Crippen LogP contribution < -0.4 is 4.90 Å². The van der Waals surface area contributed by atoms with Crippen LogP contribution in [-0.2, 0) is 17.8 Å². The molecule has 1 aliphatic rings. The third-order valence-electron chi connectivity index (χ3n) is 4.38. The standard InChI is InChI=1S/C20H26N2O2/c23-13-10-21(16-18-4-2-1-3-5-18)17-19-6-8-20(9-7-19)22-11-14-24-15-12-22/h1-9,23H,10-17H2. The van der Waals surface area contributed by atoms with E-state index in [4.69, 9.17) is 4.74 Å². The van der Waals surface area contributed by atoms with Crippen molar-refractivity contribution in [2.45, 2.75) is 13.1 Å². The molecule has 0 saturated carbocycles. The van der Waals surface area contributed by atoms with Crippen LogP contribution in [0.1, 0.15) is 11.1 Å². The molecule has 4 nitrogen and oxygen atoms in total. The van der Waals surface area contributed by atoms with Crippen molar-refractivity contribution >= 4 is 5.69 Å². The molecule has 0 radical (unpaired) electrons. The Morgan fingerprint density at radius 3 is 2.12 bits per heavy atom. The van der Waals surface area contributed by atoms with Crippen LogP contribution in [0.4, 0.5) is 5.69 Å². The van der Waals surface area contributed by atoms with Crippen LogP contribution in [0.5, 0.6) is 0 Å². The molecule has 0 aromatic heterocycles. The molecule has 2 aromatic carbocycles. The second-order valence-electron chi connectivity index (χ2n) is 6.19. The van der Waals surface area contributed by atoms with Crippen LogP contribution in [0.15, 0.2) is 54.6 Å². The lowest BCUT2D eigenvalue weighted by Gasteiger charge is -2.29. The molecule has 1 fully saturated rings. The summed E-state index contributed by atoms with van der Waals surface area (Å²) in [6, 6.07) is 19.2. The number of anilines is 1. The molecule has 1 saturated heterocycles. The molecular formula is C20H26N2O2. The summed E-state index contributed by atoms with van der Waals surface area (Å²) in [7, 11) is 0. The van der Waals surface area contributed by atoms with Crippen molar-refractivity contribution in [2.24, 2.45) is 0 Å². The van der Waals surface area contributed by atoms with Crippen molar-refractivity contribution < 1.29 is 9.84 Å². The normalized spacial score (nSPS) is 15.0. The number of aliphatic hydroxyl groups is 1. The lowest BCUT2D eigenvalue weighted by molar-refractivity contribution is 0.122. The van der Waals surface area contributed by atoms with Crippen molar-refractivity contribution in [1.29, 1.82) is 0 Å². The van der Waals surface area contributed by atoms with Gasteiger partial charge in [-0.1, -0.05) is 42.5 Å². The number of hydrogen-bond acceptors (Lipinski definition) is 4. The number of hydrogen-bond donors (Lipinski definition) is 1. The Bertz CT molecular complexity index is 595. The zero-order chi connectivity index (χ0) is 16.6. The van der Waals surface area contributed by atoms with E-state index in [1.807, 2.05) is 6.07 Å². The van der Waals surface area contributed by atoms with Gasteiger partial charge in [-0.25, -0.2) is 0 Å². The Morgan fingerprint density at radius 1 is 0.875 bits per heavy atom. The number of aliphatic hydroxyl groups excluding tert-OH is 1. The number of nitrogens with zero attached hydrogens (tertiary/aromatic N) is 2. The minimum absolute atomic E-state index is 0.179. The van der Waals surface area contributed by atoms with Crippen molar-refractivity contribution in [1.82, 2.24) is 4.90 Å². The summed E-state index contributed by atoms with van der Waals surface area (Å²) in [5.41, 5.74) is 3.81. The first-order valence-corrected chi connectivity index (χ1v) is 8.64. The zero-order valence-electron chi connectivity index (χ0n) is 14.1. The van der Waals surface area contributed by atoms with E-state index in [0.717, 1.165) is 39.4 Å². The molecule has 24 heavy (non-hydrogen) atoms. The maximum atomic E-state index is 9.35. The average molecular weight is 326 g/mol. The fraction of sp³-hybridized carbons (Fsp3) is 0.400. The molecule has 0 unspecified atom stereocenters. The number of rotatable bonds is 7. The maximum absolute atomic E-state index is 9.35. The van der Waals surface area contributed by atoms with Crippen molar-refractivity contribution in [3.8, 4) is 0 Å². The van der Waals surface area contributed by atoms with E-state index in [-0.39, 0.29) is 6.61 Å². The molecule has 1 aliphatic heterocycles. The summed E-state index contributed by atoms with van der Waals surface area (Å²) in [6.07, 6.45) is 0. The van der Waals surface area contributed by atoms with E-state index in [2.05, 4.69) is 58.3 Å². The molecule has 0 atom stereocenters. The van der Waals surface area contributed by atoms with Gasteiger partial charge >= 0.3 is 0 Å². The van der Waals surface area contributed by atoms with Gasteiger partial charge in [-0.15, -0.1) is 0 Å². The fourth-order valence-corrected chi connectivity index (χ4v) is 3.09. The minimum atomic E-state index is 0.179. The summed E-state index contributed by atoms with van der Waals surface area (Å²) in [4.78, 5) is 4.64. The molecule has 0 aliphatic carbocycles. The van der Waals surface area contributed by atoms with Crippen LogP contribution in [-0.4, -0.2) is 49.5 Å². The third kappa shape index (κ3) is 4.81. The van der Waals surface area contributed by atoms with Gasteiger partial charge in [0, 0.05) is 38.4 Å². The fourth-order valence-electron chi connectivity index (χ4n) is 3.09. The monoisotopic (exact) mass is 326 g/mol. The average Bonchev–Trinajstić information content (AvgIpc) is 2.64. The summed E-state index contributed by atoms with van der Waals surface area (Å²) >= 11 is 0. The molecule has 0 amide bonds. The molecule has 1 N–H and O–H groups in total. The van der Waals surface area contributed by atoms with E-state index in [0.29, 0.717) is 6.54 Å². The largest absolute Gasteiger partial charge is 0.395 e. The van der Waals surface area contributed by atoms with E-state index in [9.17, 15) is 5.11 Å². The van der Waals surface area contributed by atoms with Gasteiger partial charge in [0.25, 0.3) is 0 Å². The summed E-state index contributed by atoms with van der Waals surface area (Å²) in [5, 5.41) is 9.35. The highest BCUT2D eigenvalue weighted by Gasteiger charge is 2.11. The molecule has 0 bridgehead atoms. The van der Waals surface area contributed by atoms with Gasteiger partial charge in [0.05, 0.1) is 19.8 Å². The van der Waals surface area contributed by atoms with Crippen LogP contribution in [0.3, 0.4) is 0 Å². The van der Waals surface area contributed by atoms with Gasteiger partial charge in [0.1, 0.15) is 0 Å². The zero-order valence-corrected chi connectivity index (χ0v) is 14.1. The Hall–Kier alpha value is -1.88. The first kappa shape index (κ1) is 17.0. The van der Waals surface area contributed by atoms with Crippen molar-refractivity contribution in [2.75, 3.05) is 44.4 Å². The lowest BCUT2D eigenvalue weighted by atomic mass is 10.1. The van der Waals surface area contributed by atoms with Gasteiger partial charge in [-0.05, 0) is 23.3 Å². The Kier molecular flexibility index (Phi) is 6.24. The molecule has 0 spiro atoms. The van der Waals surface area contributed by atoms with Gasteiger partial charge in [-0.2, -0.15) is 0 Å². The highest BCUT2D eigenvalue weighted by Crippen LogP contribution is 2.18. The van der Waals surface area contributed by atoms with Crippen LogP contribution in [0, 0.1) is 0 Å². The van der Waals surface area contributed by atoms with E-state index in [1.54, 1.807) is 0 Å². The van der Waals surface area contributed by atoms with Crippen LogP contribution >= 0.6 is 0 Å². The summed E-state index contributed by atoms with van der Waals surface area (Å²) < 4.78 is 5.41. The number of ether oxygens (including phenoxy) is 1. The SMILES string of the molecule is OCCN(Cc1ccccc1)Cc1ccc(N2CCOCC2)cc1. The second-order valence-corrected chi connectivity index (χ2v) is 6.19. The Morgan fingerprint density at radius 2 is 1.50 bits per heavy atom. The molecule has 4 heteroatoms. The smallest absolute Gasteiger partial charge is 0.0642 e. The first-order chi connectivity index (χ1) is 11.8. The van der Waals surface area contributed by atoms with E-state index < -0.39 is 0 Å². The highest BCUT2D eigenvalue weighted by atomic mass is 16.5. The molecule has 128 valence electrons. The van der Waals surface area contributed by atoms with Crippen LogP contribution in [0.25, 0.3) is 0 Å². The van der Waals surface area contributed by atoms with Gasteiger partial charge in [0.15, 0.2) is 0 Å². The summed E-state index contributed by atoms with van der Waals surface area (Å²) in [5.74, 6) is 0. The summed E-state index contributed by atoms with van der Waals surface area (Å²) in [6.45, 7) is 6.10. The van der Waals surface area contributed by atoms with Gasteiger partial charge in [0.2, 0.25) is 0 Å². The Labute approximate surface area is 144 Å². The quantitative estimate of drug-likeness (QED) is 0.848. The van der Waals surface area contributed by atoms with Crippen LogP contribution in [0.2, 0.25) is 0 Å². The number of morpholine rings is 1. The maximum Gasteiger partial charge on any atom is 0.0642 e. The van der Waals surface area contributed by atoms with E-state index in [1.165, 1.54) is 16.8 Å². The number of benzene rings is 2. The predicted octanol–water partition coefficient (Wildman–Crippen LogP) is 2.52. The minimum Gasteiger partial charge on any atom is -0.395 e. The second kappa shape index (κ2) is 8.83. The lowest BCUT2D eigenvalue weighted by Crippen LogP contribution is -2.36. The Balaban J connectivity index is 1.61. The highest BCUT2D eigenvalue weighted by molar-refractivity contribution is 5.47. The third-order valence-corrected chi connectivity index (χ3v) is 4.38. The molecule has 3 rings (SSSR count). The molecule has 2 aromatic rings. The molecular weight excluding hydrogens is 300 g/mol.